The van der Waals surface area contributed by atoms with Crippen LogP contribution in [0.4, 0.5) is 0 Å². The molecule has 0 atom stereocenters. The van der Waals surface area contributed by atoms with E-state index in [2.05, 4.69) is 31.0 Å². The summed E-state index contributed by atoms with van der Waals surface area (Å²) >= 11 is 0. The Bertz CT molecular complexity index is 263. The van der Waals surface area contributed by atoms with Gasteiger partial charge in [0.2, 0.25) is 5.96 Å². The van der Waals surface area contributed by atoms with Gasteiger partial charge in [-0.3, -0.25) is 0 Å². The largest absolute Gasteiger partial charge is 0.369 e. The standard InChI is InChI=1S/C12H24N4/c1-12(2,3)10-6-4-9(5-7-10)8-15-16-11(13)14/h8-10H,4-7H2,1-3H3,(H4,13,14,16). The van der Waals surface area contributed by atoms with Crippen LogP contribution in [0.5, 0.6) is 0 Å². The van der Waals surface area contributed by atoms with E-state index in [0.717, 1.165) is 5.92 Å². The van der Waals surface area contributed by atoms with E-state index in [1.807, 2.05) is 6.21 Å². The summed E-state index contributed by atoms with van der Waals surface area (Å²) in [5, 5.41) is 7.52. The SMILES string of the molecule is CC(C)(C)C1CCC(C=NN=C(N)N)CC1. The van der Waals surface area contributed by atoms with Gasteiger partial charge in [0.15, 0.2) is 0 Å². The molecule has 0 spiro atoms. The summed E-state index contributed by atoms with van der Waals surface area (Å²) in [6.07, 6.45) is 6.85. The molecule has 4 N–H and O–H groups in total. The third-order valence-corrected chi connectivity index (χ3v) is 3.45. The number of guanidine groups is 1. The van der Waals surface area contributed by atoms with E-state index in [1.54, 1.807) is 0 Å². The predicted molar refractivity (Wildman–Crippen MR) is 69.2 cm³/mol. The fraction of sp³-hybridized carbons (Fsp3) is 0.833. The van der Waals surface area contributed by atoms with Crippen LogP contribution in [0.25, 0.3) is 0 Å². The molecule has 1 fully saturated rings. The number of rotatable bonds is 2. The van der Waals surface area contributed by atoms with Gasteiger partial charge in [0, 0.05) is 6.21 Å². The van der Waals surface area contributed by atoms with Crippen LogP contribution in [0.3, 0.4) is 0 Å². The molecule has 0 bridgehead atoms. The van der Waals surface area contributed by atoms with Gasteiger partial charge in [0.05, 0.1) is 0 Å². The van der Waals surface area contributed by atoms with Crippen LogP contribution in [0, 0.1) is 17.3 Å². The van der Waals surface area contributed by atoms with Crippen LogP contribution in [0.1, 0.15) is 46.5 Å². The molecule has 1 saturated carbocycles. The Morgan fingerprint density at radius 2 is 1.69 bits per heavy atom. The van der Waals surface area contributed by atoms with Crippen molar-refractivity contribution < 1.29 is 0 Å². The van der Waals surface area contributed by atoms with Crippen molar-refractivity contribution in [2.45, 2.75) is 46.5 Å². The van der Waals surface area contributed by atoms with E-state index in [1.165, 1.54) is 25.7 Å². The van der Waals surface area contributed by atoms with Crippen molar-refractivity contribution in [1.29, 1.82) is 0 Å². The number of nitrogens with two attached hydrogens (primary N) is 2. The van der Waals surface area contributed by atoms with Gasteiger partial charge in [0.25, 0.3) is 0 Å². The third-order valence-electron chi connectivity index (χ3n) is 3.45. The van der Waals surface area contributed by atoms with Crippen molar-refractivity contribution in [1.82, 2.24) is 0 Å². The average molecular weight is 224 g/mol. The van der Waals surface area contributed by atoms with Crippen molar-refractivity contribution in [2.75, 3.05) is 0 Å². The Kier molecular flexibility index (Phi) is 4.33. The van der Waals surface area contributed by atoms with Gasteiger partial charge in [-0.1, -0.05) is 20.8 Å². The minimum atomic E-state index is 0.0274. The Labute approximate surface area is 98.2 Å². The molecule has 0 aromatic rings. The Hall–Kier alpha value is -1.06. The van der Waals surface area contributed by atoms with Crippen LogP contribution in [-0.2, 0) is 0 Å². The molecular formula is C12H24N4. The molecule has 0 radical (unpaired) electrons. The molecule has 1 aliphatic rings. The molecule has 4 nitrogen and oxygen atoms in total. The molecule has 1 rings (SSSR count). The van der Waals surface area contributed by atoms with Crippen LogP contribution in [-0.4, -0.2) is 12.2 Å². The second-order valence-corrected chi connectivity index (χ2v) is 5.77. The van der Waals surface area contributed by atoms with Crippen molar-refractivity contribution in [3.05, 3.63) is 0 Å². The number of hydrogen-bond acceptors (Lipinski definition) is 2. The maximum absolute atomic E-state index is 5.20. The Morgan fingerprint density at radius 3 is 2.12 bits per heavy atom. The smallest absolute Gasteiger partial charge is 0.211 e. The lowest BCUT2D eigenvalue weighted by Crippen LogP contribution is -2.26. The Morgan fingerprint density at radius 1 is 1.12 bits per heavy atom. The zero-order chi connectivity index (χ0) is 12.2. The van der Waals surface area contributed by atoms with E-state index in [4.69, 9.17) is 11.5 Å². The summed E-state index contributed by atoms with van der Waals surface area (Å²) in [4.78, 5) is 0. The zero-order valence-electron chi connectivity index (χ0n) is 10.6. The highest BCUT2D eigenvalue weighted by molar-refractivity contribution is 5.76. The lowest BCUT2D eigenvalue weighted by Gasteiger charge is -2.35. The number of nitrogens with zero attached hydrogens (tertiary/aromatic N) is 2. The van der Waals surface area contributed by atoms with Crippen LogP contribution in [0.15, 0.2) is 10.2 Å². The minimum absolute atomic E-state index is 0.0274. The van der Waals surface area contributed by atoms with E-state index in [9.17, 15) is 0 Å². The summed E-state index contributed by atoms with van der Waals surface area (Å²) in [6, 6.07) is 0. The highest BCUT2D eigenvalue weighted by Crippen LogP contribution is 2.39. The lowest BCUT2D eigenvalue weighted by molar-refractivity contribution is 0.168. The van der Waals surface area contributed by atoms with E-state index in [0.29, 0.717) is 11.3 Å². The third kappa shape index (κ3) is 4.21. The maximum Gasteiger partial charge on any atom is 0.211 e. The van der Waals surface area contributed by atoms with Crippen LogP contribution in [0.2, 0.25) is 0 Å². The molecule has 1 aliphatic carbocycles. The first-order chi connectivity index (χ1) is 7.39. The lowest BCUT2D eigenvalue weighted by atomic mass is 9.70. The van der Waals surface area contributed by atoms with Crippen molar-refractivity contribution in [2.24, 2.45) is 38.9 Å². The Balaban J connectivity index is 2.38. The molecule has 0 aliphatic heterocycles. The monoisotopic (exact) mass is 224 g/mol. The predicted octanol–water partition coefficient (Wildman–Crippen LogP) is 2.10. The summed E-state index contributed by atoms with van der Waals surface area (Å²) in [5.41, 5.74) is 10.8. The first-order valence-corrected chi connectivity index (χ1v) is 6.01. The first kappa shape index (κ1) is 13.0. The fourth-order valence-corrected chi connectivity index (χ4v) is 2.33. The summed E-state index contributed by atoms with van der Waals surface area (Å²) in [7, 11) is 0. The zero-order valence-corrected chi connectivity index (χ0v) is 10.6. The quantitative estimate of drug-likeness (QED) is 0.428. The van der Waals surface area contributed by atoms with Crippen molar-refractivity contribution in [3.8, 4) is 0 Å². The van der Waals surface area contributed by atoms with Gasteiger partial charge in [0.1, 0.15) is 0 Å². The highest BCUT2D eigenvalue weighted by atomic mass is 15.3. The molecule has 0 aromatic heterocycles. The molecule has 4 heteroatoms. The average Bonchev–Trinajstić information content (AvgIpc) is 2.16. The molecule has 0 unspecified atom stereocenters. The normalized spacial score (nSPS) is 26.9. The van der Waals surface area contributed by atoms with Gasteiger partial charge in [-0.05, 0) is 42.9 Å². The first-order valence-electron chi connectivity index (χ1n) is 6.01. The van der Waals surface area contributed by atoms with Crippen LogP contribution >= 0.6 is 0 Å². The highest BCUT2D eigenvalue weighted by Gasteiger charge is 2.28. The minimum Gasteiger partial charge on any atom is -0.369 e. The maximum atomic E-state index is 5.20. The molecule has 0 amide bonds. The van der Waals surface area contributed by atoms with Gasteiger partial charge < -0.3 is 11.5 Å². The summed E-state index contributed by atoms with van der Waals surface area (Å²) in [5.74, 6) is 1.40. The fourth-order valence-electron chi connectivity index (χ4n) is 2.33. The van der Waals surface area contributed by atoms with Gasteiger partial charge in [-0.25, -0.2) is 0 Å². The van der Waals surface area contributed by atoms with Crippen molar-refractivity contribution in [3.63, 3.8) is 0 Å². The molecule has 0 heterocycles. The molecular weight excluding hydrogens is 200 g/mol. The van der Waals surface area contributed by atoms with E-state index >= 15 is 0 Å². The summed E-state index contributed by atoms with van der Waals surface area (Å²) < 4.78 is 0. The van der Waals surface area contributed by atoms with Crippen LogP contribution < -0.4 is 11.5 Å². The molecule has 0 saturated heterocycles. The second kappa shape index (κ2) is 5.32. The topological polar surface area (TPSA) is 76.8 Å². The van der Waals surface area contributed by atoms with Crippen molar-refractivity contribution >= 4 is 12.2 Å². The van der Waals surface area contributed by atoms with Gasteiger partial charge in [-0.15, -0.1) is 5.10 Å². The molecule has 16 heavy (non-hydrogen) atoms. The van der Waals surface area contributed by atoms with E-state index < -0.39 is 0 Å². The second-order valence-electron chi connectivity index (χ2n) is 5.77. The molecule has 0 aromatic carbocycles. The van der Waals surface area contributed by atoms with Gasteiger partial charge in [-0.2, -0.15) is 5.10 Å². The van der Waals surface area contributed by atoms with Gasteiger partial charge >= 0.3 is 0 Å². The number of hydrogen-bond donors (Lipinski definition) is 2. The summed E-state index contributed by atoms with van der Waals surface area (Å²) in [6.45, 7) is 6.97. The molecule has 92 valence electrons. The van der Waals surface area contributed by atoms with E-state index in [-0.39, 0.29) is 5.96 Å².